The molecule has 2 aromatic carbocycles. The molecule has 2 aromatic rings. The zero-order chi connectivity index (χ0) is 16.8. The Morgan fingerprint density at radius 2 is 1.87 bits per heavy atom. The van der Waals surface area contributed by atoms with Crippen LogP contribution in [0.4, 0.5) is 0 Å². The molecule has 0 saturated heterocycles. The van der Waals surface area contributed by atoms with E-state index in [1.54, 1.807) is 30.3 Å². The quantitative estimate of drug-likeness (QED) is 0.395. The zero-order valence-electron chi connectivity index (χ0n) is 13.0. The van der Waals surface area contributed by atoms with Gasteiger partial charge in [0, 0.05) is 14.7 Å². The molecule has 0 amide bonds. The third-order valence-corrected chi connectivity index (χ3v) is 4.16. The molecule has 120 valence electrons. The van der Waals surface area contributed by atoms with Crippen molar-refractivity contribution in [2.45, 2.75) is 20.5 Å². The number of carbonyl (C=O) groups is 2. The van der Waals surface area contributed by atoms with E-state index in [-0.39, 0.29) is 12.4 Å². The van der Waals surface area contributed by atoms with Gasteiger partial charge in [-0.15, -0.1) is 0 Å². The van der Waals surface area contributed by atoms with Crippen molar-refractivity contribution in [2.24, 2.45) is 0 Å². The van der Waals surface area contributed by atoms with Crippen LogP contribution in [-0.2, 0) is 11.3 Å². The molecule has 0 radical (unpaired) electrons. The first kappa shape index (κ1) is 17.5. The third kappa shape index (κ3) is 4.54. The van der Waals surface area contributed by atoms with Gasteiger partial charge in [-0.3, -0.25) is 4.79 Å². The summed E-state index contributed by atoms with van der Waals surface area (Å²) in [5.41, 5.74) is 1.77. The van der Waals surface area contributed by atoms with Crippen LogP contribution in [0.15, 0.2) is 42.5 Å². The van der Waals surface area contributed by atoms with Crippen LogP contribution in [0, 0.1) is 3.57 Å². The van der Waals surface area contributed by atoms with Crippen LogP contribution in [0.5, 0.6) is 5.75 Å². The topological polar surface area (TPSA) is 52.6 Å². The van der Waals surface area contributed by atoms with Crippen molar-refractivity contribution in [1.29, 1.82) is 0 Å². The van der Waals surface area contributed by atoms with E-state index in [1.807, 2.05) is 19.1 Å². The van der Waals surface area contributed by atoms with E-state index in [1.165, 1.54) is 6.92 Å². The van der Waals surface area contributed by atoms with Crippen molar-refractivity contribution in [2.75, 3.05) is 6.61 Å². The average Bonchev–Trinajstić information content (AvgIpc) is 2.54. The highest BCUT2D eigenvalue weighted by atomic mass is 127. The minimum atomic E-state index is -0.398. The molecule has 0 spiro atoms. The number of esters is 1. The fraction of sp³-hybridized carbons (Fsp3) is 0.222. The molecular formula is C18H17IO4. The lowest BCUT2D eigenvalue weighted by Gasteiger charge is -2.12. The second-order valence-corrected chi connectivity index (χ2v) is 6.03. The standard InChI is InChI=1S/C18H17IO4/c1-3-22-17-9-8-13(12(2)20)10-14(17)11-23-18(21)15-6-4-5-7-16(15)19/h4-10H,3,11H2,1-2H3. The average molecular weight is 424 g/mol. The maximum Gasteiger partial charge on any atom is 0.339 e. The van der Waals surface area contributed by atoms with Crippen molar-refractivity contribution in [1.82, 2.24) is 0 Å². The summed E-state index contributed by atoms with van der Waals surface area (Å²) >= 11 is 2.09. The van der Waals surface area contributed by atoms with Gasteiger partial charge in [0.15, 0.2) is 5.78 Å². The van der Waals surface area contributed by atoms with Crippen molar-refractivity contribution in [3.63, 3.8) is 0 Å². The fourth-order valence-electron chi connectivity index (χ4n) is 2.06. The highest BCUT2D eigenvalue weighted by molar-refractivity contribution is 14.1. The number of hydrogen-bond acceptors (Lipinski definition) is 4. The number of halogens is 1. The molecule has 0 aliphatic heterocycles. The Kier molecular flexibility index (Phi) is 6.15. The minimum absolute atomic E-state index is 0.0433. The molecule has 0 saturated carbocycles. The molecule has 0 bridgehead atoms. The summed E-state index contributed by atoms with van der Waals surface area (Å²) in [4.78, 5) is 23.7. The minimum Gasteiger partial charge on any atom is -0.493 e. The normalized spacial score (nSPS) is 10.2. The van der Waals surface area contributed by atoms with Crippen LogP contribution in [0.25, 0.3) is 0 Å². The van der Waals surface area contributed by atoms with Gasteiger partial charge in [-0.05, 0) is 66.8 Å². The van der Waals surface area contributed by atoms with Crippen molar-refractivity contribution in [3.8, 4) is 5.75 Å². The Morgan fingerprint density at radius 1 is 1.13 bits per heavy atom. The Labute approximate surface area is 148 Å². The van der Waals surface area contributed by atoms with E-state index >= 15 is 0 Å². The molecule has 0 heterocycles. The molecule has 23 heavy (non-hydrogen) atoms. The van der Waals surface area contributed by atoms with E-state index in [2.05, 4.69) is 22.6 Å². The van der Waals surface area contributed by atoms with Crippen LogP contribution in [-0.4, -0.2) is 18.4 Å². The number of benzene rings is 2. The molecule has 0 N–H and O–H groups in total. The van der Waals surface area contributed by atoms with Crippen LogP contribution in [0.3, 0.4) is 0 Å². The summed E-state index contributed by atoms with van der Waals surface area (Å²) in [6.45, 7) is 3.93. The predicted molar refractivity (Wildman–Crippen MR) is 95.9 cm³/mol. The molecule has 0 aliphatic rings. The molecule has 0 atom stereocenters. The Balaban J connectivity index is 2.18. The monoisotopic (exact) mass is 424 g/mol. The van der Waals surface area contributed by atoms with Gasteiger partial charge >= 0.3 is 5.97 Å². The van der Waals surface area contributed by atoms with Crippen molar-refractivity contribution < 1.29 is 19.1 Å². The highest BCUT2D eigenvalue weighted by Crippen LogP contribution is 2.22. The van der Waals surface area contributed by atoms with Gasteiger partial charge in [0.1, 0.15) is 12.4 Å². The summed E-state index contributed by atoms with van der Waals surface area (Å²) in [6, 6.07) is 12.4. The fourth-order valence-corrected chi connectivity index (χ4v) is 2.66. The molecule has 0 aliphatic carbocycles. The van der Waals surface area contributed by atoms with Crippen LogP contribution < -0.4 is 4.74 Å². The third-order valence-electron chi connectivity index (χ3n) is 3.22. The van der Waals surface area contributed by atoms with Gasteiger partial charge < -0.3 is 9.47 Å². The SMILES string of the molecule is CCOc1ccc(C(C)=O)cc1COC(=O)c1ccccc1I. The van der Waals surface area contributed by atoms with E-state index in [0.29, 0.717) is 29.0 Å². The van der Waals surface area contributed by atoms with Crippen LogP contribution in [0.2, 0.25) is 0 Å². The number of carbonyl (C=O) groups excluding carboxylic acids is 2. The van der Waals surface area contributed by atoms with Crippen molar-refractivity contribution in [3.05, 3.63) is 62.7 Å². The molecule has 2 rings (SSSR count). The van der Waals surface area contributed by atoms with Gasteiger partial charge in [0.2, 0.25) is 0 Å². The first-order valence-corrected chi connectivity index (χ1v) is 8.29. The van der Waals surface area contributed by atoms with Gasteiger partial charge in [0.05, 0.1) is 12.2 Å². The maximum atomic E-state index is 12.2. The van der Waals surface area contributed by atoms with Gasteiger partial charge in [0.25, 0.3) is 0 Å². The number of rotatable bonds is 6. The van der Waals surface area contributed by atoms with E-state index < -0.39 is 5.97 Å². The summed E-state index contributed by atoms with van der Waals surface area (Å²) in [5, 5.41) is 0. The molecule has 0 aromatic heterocycles. The predicted octanol–water partition coefficient (Wildman–Crippen LogP) is 4.25. The maximum absolute atomic E-state index is 12.2. The summed E-state index contributed by atoms with van der Waals surface area (Å²) in [5.74, 6) is 0.178. The first-order valence-electron chi connectivity index (χ1n) is 7.21. The van der Waals surface area contributed by atoms with Crippen molar-refractivity contribution >= 4 is 34.3 Å². The van der Waals surface area contributed by atoms with Gasteiger partial charge in [-0.2, -0.15) is 0 Å². The largest absolute Gasteiger partial charge is 0.493 e. The second-order valence-electron chi connectivity index (χ2n) is 4.87. The zero-order valence-corrected chi connectivity index (χ0v) is 15.1. The Hall–Kier alpha value is -1.89. The van der Waals surface area contributed by atoms with Crippen LogP contribution in [0.1, 0.15) is 40.1 Å². The smallest absolute Gasteiger partial charge is 0.339 e. The molecule has 4 nitrogen and oxygen atoms in total. The molecule has 0 unspecified atom stereocenters. The molecule has 5 heteroatoms. The van der Waals surface area contributed by atoms with E-state index in [4.69, 9.17) is 9.47 Å². The van der Waals surface area contributed by atoms with E-state index in [0.717, 1.165) is 3.57 Å². The molecular weight excluding hydrogens is 407 g/mol. The van der Waals surface area contributed by atoms with E-state index in [9.17, 15) is 9.59 Å². The summed E-state index contributed by atoms with van der Waals surface area (Å²) < 4.78 is 11.7. The Morgan fingerprint density at radius 3 is 2.52 bits per heavy atom. The number of hydrogen-bond donors (Lipinski definition) is 0. The summed E-state index contributed by atoms with van der Waals surface area (Å²) in [7, 11) is 0. The lowest BCUT2D eigenvalue weighted by atomic mass is 10.1. The van der Waals surface area contributed by atoms with Crippen LogP contribution >= 0.6 is 22.6 Å². The number of ketones is 1. The number of ether oxygens (including phenoxy) is 2. The lowest BCUT2D eigenvalue weighted by molar-refractivity contribution is 0.0468. The second kappa shape index (κ2) is 8.10. The number of Topliss-reactive ketones (excluding diaryl/α,β-unsaturated/α-hetero) is 1. The Bertz CT molecular complexity index is 725. The summed E-state index contributed by atoms with van der Waals surface area (Å²) in [6.07, 6.45) is 0. The van der Waals surface area contributed by atoms with Gasteiger partial charge in [-0.1, -0.05) is 12.1 Å². The molecule has 0 fully saturated rings. The van der Waals surface area contributed by atoms with Gasteiger partial charge in [-0.25, -0.2) is 4.79 Å². The lowest BCUT2D eigenvalue weighted by Crippen LogP contribution is -2.08. The highest BCUT2D eigenvalue weighted by Gasteiger charge is 2.13. The first-order chi connectivity index (χ1) is 11.0.